The molecule has 4 nitrogen and oxygen atoms in total. The Hall–Kier alpha value is -0.280. The van der Waals surface area contributed by atoms with E-state index in [-0.39, 0.29) is 24.0 Å². The van der Waals surface area contributed by atoms with Crippen LogP contribution < -0.4 is 10.6 Å². The Bertz CT molecular complexity index is 637. The third-order valence-corrected chi connectivity index (χ3v) is 8.54. The van der Waals surface area contributed by atoms with Gasteiger partial charge < -0.3 is 10.6 Å². The summed E-state index contributed by atoms with van der Waals surface area (Å²) in [6, 6.07) is 11.0. The number of thioether (sulfide) groups is 1. The molecule has 2 saturated carbocycles. The number of nitrogens with zero attached hydrogens (tertiary/aromatic N) is 1. The standard InChI is InChI=1S/C20H31N3OS2.HI/c1-3-26(24)18-11-7-8-16(14-18)23-19(21-2)22-15-20(12-13-20)25-17-9-5-4-6-10-17;/h4-6,9-10,16,18H,3,7-8,11-15H2,1-2H3,(H2,21,22,23);1H. The fraction of sp³-hybridized carbons (Fsp3) is 0.650. The van der Waals surface area contributed by atoms with Crippen molar-refractivity contribution in [3.8, 4) is 0 Å². The highest BCUT2D eigenvalue weighted by molar-refractivity contribution is 14.0. The van der Waals surface area contributed by atoms with Crippen LogP contribution in [-0.2, 0) is 10.8 Å². The molecular formula is C20H32IN3OS2. The lowest BCUT2D eigenvalue weighted by molar-refractivity contribution is 0.413. The lowest BCUT2D eigenvalue weighted by Gasteiger charge is -2.30. The summed E-state index contributed by atoms with van der Waals surface area (Å²) in [7, 11) is 1.15. The van der Waals surface area contributed by atoms with Crippen LogP contribution in [0.5, 0.6) is 0 Å². The number of nitrogens with one attached hydrogen (secondary N) is 2. The molecule has 0 spiro atoms. The van der Waals surface area contributed by atoms with E-state index in [0.717, 1.165) is 43.9 Å². The smallest absolute Gasteiger partial charge is 0.191 e. The highest BCUT2D eigenvalue weighted by Crippen LogP contribution is 2.51. The SMILES string of the molecule is CCS(=O)C1CCCC(NC(=NC)NCC2(Sc3ccccc3)CC2)C1.I. The van der Waals surface area contributed by atoms with Gasteiger partial charge in [-0.15, -0.1) is 35.7 Å². The molecule has 152 valence electrons. The molecule has 1 aromatic carbocycles. The van der Waals surface area contributed by atoms with Crippen molar-refractivity contribution in [2.45, 2.75) is 66.4 Å². The molecule has 2 aliphatic carbocycles. The van der Waals surface area contributed by atoms with Crippen molar-refractivity contribution in [1.29, 1.82) is 0 Å². The molecule has 3 rings (SSSR count). The molecule has 2 N–H and O–H groups in total. The summed E-state index contributed by atoms with van der Waals surface area (Å²) < 4.78 is 12.4. The summed E-state index contributed by atoms with van der Waals surface area (Å²) in [6.07, 6.45) is 6.88. The summed E-state index contributed by atoms with van der Waals surface area (Å²) in [6.45, 7) is 2.95. The number of guanidine groups is 1. The van der Waals surface area contributed by atoms with E-state index < -0.39 is 10.8 Å². The van der Waals surface area contributed by atoms with Gasteiger partial charge in [-0.05, 0) is 44.2 Å². The van der Waals surface area contributed by atoms with Crippen LogP contribution in [-0.4, -0.2) is 45.6 Å². The van der Waals surface area contributed by atoms with Crippen molar-refractivity contribution in [2.24, 2.45) is 4.99 Å². The molecule has 0 aliphatic heterocycles. The predicted molar refractivity (Wildman–Crippen MR) is 129 cm³/mol. The van der Waals surface area contributed by atoms with Crippen LogP contribution >= 0.6 is 35.7 Å². The van der Waals surface area contributed by atoms with E-state index in [4.69, 9.17) is 0 Å². The van der Waals surface area contributed by atoms with Crippen LogP contribution in [0.25, 0.3) is 0 Å². The highest BCUT2D eigenvalue weighted by atomic mass is 127. The maximum Gasteiger partial charge on any atom is 0.191 e. The number of hydrogen-bond acceptors (Lipinski definition) is 3. The second-order valence-corrected chi connectivity index (χ2v) is 10.9. The van der Waals surface area contributed by atoms with Crippen molar-refractivity contribution >= 4 is 52.5 Å². The Morgan fingerprint density at radius 1 is 1.30 bits per heavy atom. The van der Waals surface area contributed by atoms with E-state index in [1.54, 1.807) is 0 Å². The normalized spacial score (nSPS) is 25.2. The van der Waals surface area contributed by atoms with Gasteiger partial charge in [0.2, 0.25) is 0 Å². The van der Waals surface area contributed by atoms with E-state index in [9.17, 15) is 4.21 Å². The van der Waals surface area contributed by atoms with Crippen molar-refractivity contribution < 1.29 is 4.21 Å². The van der Waals surface area contributed by atoms with Crippen molar-refractivity contribution in [3.63, 3.8) is 0 Å². The monoisotopic (exact) mass is 521 g/mol. The van der Waals surface area contributed by atoms with Crippen molar-refractivity contribution in [2.75, 3.05) is 19.3 Å². The van der Waals surface area contributed by atoms with Gasteiger partial charge in [-0.1, -0.05) is 31.5 Å². The van der Waals surface area contributed by atoms with Crippen LogP contribution in [0.1, 0.15) is 45.4 Å². The summed E-state index contributed by atoms with van der Waals surface area (Å²) in [5.41, 5.74) is 0. The molecule has 0 amide bonds. The Kier molecular flexibility index (Phi) is 9.41. The van der Waals surface area contributed by atoms with Gasteiger partial charge in [0.1, 0.15) is 0 Å². The molecule has 2 fully saturated rings. The van der Waals surface area contributed by atoms with Crippen LogP contribution in [0.3, 0.4) is 0 Å². The molecule has 3 unspecified atom stereocenters. The number of hydrogen-bond donors (Lipinski definition) is 2. The first-order valence-electron chi connectivity index (χ1n) is 9.72. The first kappa shape index (κ1) is 23.0. The number of rotatable bonds is 7. The average Bonchev–Trinajstić information content (AvgIpc) is 3.45. The van der Waals surface area contributed by atoms with Crippen LogP contribution in [0.4, 0.5) is 0 Å². The average molecular weight is 522 g/mol. The van der Waals surface area contributed by atoms with Gasteiger partial charge in [0.15, 0.2) is 5.96 Å². The maximum atomic E-state index is 12.1. The minimum absolute atomic E-state index is 0. The van der Waals surface area contributed by atoms with Gasteiger partial charge in [-0.25, -0.2) is 0 Å². The van der Waals surface area contributed by atoms with E-state index in [2.05, 4.69) is 46.0 Å². The zero-order valence-corrected chi connectivity index (χ0v) is 20.2. The first-order chi connectivity index (χ1) is 12.6. The molecule has 0 bridgehead atoms. The first-order valence-corrected chi connectivity index (χ1v) is 11.9. The molecule has 0 heterocycles. The Morgan fingerprint density at radius 3 is 2.67 bits per heavy atom. The van der Waals surface area contributed by atoms with Crippen LogP contribution in [0.15, 0.2) is 40.2 Å². The molecule has 7 heteroatoms. The number of benzene rings is 1. The lowest BCUT2D eigenvalue weighted by atomic mass is 9.95. The van der Waals surface area contributed by atoms with Crippen LogP contribution in [0, 0.1) is 0 Å². The summed E-state index contributed by atoms with van der Waals surface area (Å²) in [4.78, 5) is 5.76. The second-order valence-electron chi connectivity index (χ2n) is 7.32. The number of aliphatic imine (C=N–C) groups is 1. The van der Waals surface area contributed by atoms with E-state index >= 15 is 0 Å². The topological polar surface area (TPSA) is 53.5 Å². The summed E-state index contributed by atoms with van der Waals surface area (Å²) in [5.74, 6) is 1.65. The van der Waals surface area contributed by atoms with Crippen molar-refractivity contribution in [3.05, 3.63) is 30.3 Å². The maximum absolute atomic E-state index is 12.1. The predicted octanol–water partition coefficient (Wildman–Crippen LogP) is 4.17. The fourth-order valence-corrected chi connectivity index (χ4v) is 6.17. The van der Waals surface area contributed by atoms with Crippen LogP contribution in [0.2, 0.25) is 0 Å². The third-order valence-electron chi connectivity index (χ3n) is 5.31. The fourth-order valence-electron chi connectivity index (χ4n) is 3.58. The number of halogens is 1. The lowest BCUT2D eigenvalue weighted by Crippen LogP contribution is -2.48. The molecule has 0 saturated heterocycles. The van der Waals surface area contributed by atoms with E-state index in [1.807, 2.05) is 25.7 Å². The minimum Gasteiger partial charge on any atom is -0.355 e. The van der Waals surface area contributed by atoms with E-state index in [0.29, 0.717) is 16.0 Å². The summed E-state index contributed by atoms with van der Waals surface area (Å²) in [5, 5.41) is 7.45. The van der Waals surface area contributed by atoms with Gasteiger partial charge in [0.25, 0.3) is 0 Å². The minimum atomic E-state index is -0.685. The Labute approximate surface area is 187 Å². The third kappa shape index (κ3) is 6.92. The molecule has 27 heavy (non-hydrogen) atoms. The van der Waals surface area contributed by atoms with Gasteiger partial charge in [0, 0.05) is 51.1 Å². The molecular weight excluding hydrogens is 489 g/mol. The molecule has 1 aromatic rings. The highest BCUT2D eigenvalue weighted by Gasteiger charge is 2.43. The molecule has 2 aliphatic rings. The van der Waals surface area contributed by atoms with Gasteiger partial charge in [-0.3, -0.25) is 9.20 Å². The largest absolute Gasteiger partial charge is 0.355 e. The molecule has 0 radical (unpaired) electrons. The zero-order chi connectivity index (χ0) is 18.4. The zero-order valence-electron chi connectivity index (χ0n) is 16.3. The van der Waals surface area contributed by atoms with Crippen molar-refractivity contribution in [1.82, 2.24) is 10.6 Å². The van der Waals surface area contributed by atoms with Gasteiger partial charge >= 0.3 is 0 Å². The van der Waals surface area contributed by atoms with Gasteiger partial charge in [-0.2, -0.15) is 0 Å². The molecule has 3 atom stereocenters. The Morgan fingerprint density at radius 2 is 2.04 bits per heavy atom. The molecule has 0 aromatic heterocycles. The second kappa shape index (κ2) is 11.0. The van der Waals surface area contributed by atoms with Gasteiger partial charge in [0.05, 0.1) is 0 Å². The van der Waals surface area contributed by atoms with E-state index in [1.165, 1.54) is 17.7 Å². The Balaban J connectivity index is 0.00000261. The summed E-state index contributed by atoms with van der Waals surface area (Å²) >= 11 is 1.98. The quantitative estimate of drug-likeness (QED) is 0.321.